The summed E-state index contributed by atoms with van der Waals surface area (Å²) in [4.78, 5) is 94.5. The molecular weight excluding hydrogens is 1050 g/mol. The van der Waals surface area contributed by atoms with Crippen LogP contribution in [0, 0.1) is 16.7 Å². The van der Waals surface area contributed by atoms with Crippen molar-refractivity contribution in [2.75, 3.05) is 6.61 Å². The fourth-order valence-corrected chi connectivity index (χ4v) is 16.8. The van der Waals surface area contributed by atoms with Gasteiger partial charge in [0.15, 0.2) is 40.2 Å². The monoisotopic (exact) mass is 1130 g/mol. The quantitative estimate of drug-likeness (QED) is 0.0435. The van der Waals surface area contributed by atoms with Crippen LogP contribution in [0.4, 0.5) is 4.79 Å². The molecule has 4 aliphatic rings. The molecule has 1 aliphatic heterocycles. The first-order valence-corrected chi connectivity index (χ1v) is 33.3. The lowest BCUT2D eigenvalue weighted by Crippen LogP contribution is -2.82. The van der Waals surface area contributed by atoms with Gasteiger partial charge >= 0.3 is 24.0 Å². The maximum atomic E-state index is 17.0. The lowest BCUT2D eigenvalue weighted by atomic mass is 9.44. The van der Waals surface area contributed by atoms with Gasteiger partial charge in [-0.1, -0.05) is 122 Å². The fraction of sp³-hybridized carbons (Fsp3) is 0.525. The number of ketones is 1. The van der Waals surface area contributed by atoms with E-state index in [2.05, 4.69) is 31.1 Å². The highest BCUT2D eigenvalue weighted by Gasteiger charge is 2.79. The number of nitrogens with one attached hydrogen (secondary N) is 1. The summed E-state index contributed by atoms with van der Waals surface area (Å²) < 4.78 is 48.6. The van der Waals surface area contributed by atoms with E-state index >= 15 is 14.4 Å². The molecule has 4 aromatic rings. The third-order valence-electron chi connectivity index (χ3n) is 18.6. The van der Waals surface area contributed by atoms with Crippen molar-refractivity contribution in [1.29, 1.82) is 0 Å². The summed E-state index contributed by atoms with van der Waals surface area (Å²) in [5.74, 6) is -5.13. The molecule has 1 aromatic heterocycles. The number of rotatable bonds is 17. The van der Waals surface area contributed by atoms with Gasteiger partial charge in [-0.05, 0) is 91.1 Å². The Kier molecular flexibility index (Phi) is 17.0. The lowest BCUT2D eigenvalue weighted by molar-refractivity contribution is -0.344. The molecule has 3 aliphatic carbocycles. The summed E-state index contributed by atoms with van der Waals surface area (Å²) in [6.45, 7) is 23.8. The molecule has 0 spiro atoms. The van der Waals surface area contributed by atoms with Crippen LogP contribution in [0.1, 0.15) is 121 Å². The summed E-state index contributed by atoms with van der Waals surface area (Å²) in [6.07, 6.45) is -5.93. The molecule has 17 nitrogen and oxygen atoms in total. The molecule has 0 radical (unpaired) electrons. The lowest BCUT2D eigenvalue weighted by Gasteiger charge is -2.68. The Labute approximate surface area is 471 Å². The molecule has 1 saturated heterocycles. The molecule has 2 heterocycles. The van der Waals surface area contributed by atoms with Gasteiger partial charge in [-0.15, -0.1) is 0 Å². The molecule has 2 N–H and O–H groups in total. The minimum atomic E-state index is -2.97. The molecule has 3 aromatic carbocycles. The molecule has 80 heavy (non-hydrogen) atoms. The minimum absolute atomic E-state index is 0.0569. The number of imidazole rings is 1. The number of hydrogen-bond donors (Lipinski definition) is 2. The van der Waals surface area contributed by atoms with Gasteiger partial charge in [0.25, 0.3) is 5.91 Å². The average molecular weight is 1130 g/mol. The van der Waals surface area contributed by atoms with Crippen molar-refractivity contribution in [3.63, 3.8) is 0 Å². The molecule has 2 unspecified atom stereocenters. The number of ether oxygens (including phenoxy) is 5. The van der Waals surface area contributed by atoms with Crippen molar-refractivity contribution in [3.8, 4) is 0 Å². The Balaban J connectivity index is 1.39. The third-order valence-corrected chi connectivity index (χ3v) is 27.7. The van der Waals surface area contributed by atoms with Crippen molar-refractivity contribution in [2.45, 2.75) is 179 Å². The fourth-order valence-electron chi connectivity index (χ4n) is 12.6. The molecule has 19 heteroatoms. The largest absolute Gasteiger partial charge is 0.456 e. The maximum Gasteiger partial charge on any atom is 0.420 e. The van der Waals surface area contributed by atoms with Crippen molar-refractivity contribution >= 4 is 52.3 Å². The Morgan fingerprint density at radius 3 is 1.98 bits per heavy atom. The summed E-state index contributed by atoms with van der Waals surface area (Å²) in [5, 5.41) is 17.2. The zero-order valence-electron chi connectivity index (χ0n) is 48.4. The smallest absolute Gasteiger partial charge is 0.420 e. The van der Waals surface area contributed by atoms with E-state index in [0.717, 1.165) is 4.57 Å². The van der Waals surface area contributed by atoms with Crippen LogP contribution in [0.5, 0.6) is 0 Å². The minimum Gasteiger partial charge on any atom is -0.456 e. The summed E-state index contributed by atoms with van der Waals surface area (Å²) in [6, 6.07) is 26.6. The Hall–Kier alpha value is -6.10. The topological polar surface area (TPSA) is 217 Å². The normalized spacial score (nSPS) is 28.1. The highest BCUT2D eigenvalue weighted by Crippen LogP contribution is 2.65. The number of benzene rings is 3. The van der Waals surface area contributed by atoms with Crippen LogP contribution < -0.4 is 5.32 Å². The van der Waals surface area contributed by atoms with E-state index in [1.165, 1.54) is 25.6 Å². The van der Waals surface area contributed by atoms with Crippen LogP contribution in [0.2, 0.25) is 36.3 Å². The second-order valence-electron chi connectivity index (χ2n) is 24.3. The van der Waals surface area contributed by atoms with Crippen molar-refractivity contribution in [1.82, 2.24) is 14.9 Å². The second kappa shape index (κ2) is 22.7. The first kappa shape index (κ1) is 60.0. The van der Waals surface area contributed by atoms with Crippen molar-refractivity contribution in [3.05, 3.63) is 138 Å². The van der Waals surface area contributed by atoms with Crippen molar-refractivity contribution in [2.24, 2.45) is 16.7 Å². The summed E-state index contributed by atoms with van der Waals surface area (Å²) in [7, 11) is -5.68. The number of aromatic nitrogens is 2. The van der Waals surface area contributed by atoms with Crippen LogP contribution in [0.15, 0.2) is 121 Å². The zero-order chi connectivity index (χ0) is 58.4. The van der Waals surface area contributed by atoms with E-state index in [1.807, 2.05) is 39.9 Å². The van der Waals surface area contributed by atoms with Crippen LogP contribution >= 0.6 is 0 Å². The van der Waals surface area contributed by atoms with Gasteiger partial charge in [-0.25, -0.2) is 23.9 Å². The number of amides is 1. The first-order valence-electron chi connectivity index (χ1n) is 27.9. The van der Waals surface area contributed by atoms with Crippen LogP contribution in [-0.2, 0) is 46.9 Å². The van der Waals surface area contributed by atoms with E-state index in [4.69, 9.17) is 32.5 Å². The van der Waals surface area contributed by atoms with Gasteiger partial charge in [0.2, 0.25) is 0 Å². The van der Waals surface area contributed by atoms with Gasteiger partial charge < -0.3 is 43.0 Å². The predicted molar refractivity (Wildman–Crippen MR) is 302 cm³/mol. The van der Waals surface area contributed by atoms with Gasteiger partial charge in [0.1, 0.15) is 30.2 Å². The molecule has 2 saturated carbocycles. The third kappa shape index (κ3) is 10.7. The van der Waals surface area contributed by atoms with Gasteiger partial charge in [0.05, 0.1) is 35.6 Å². The number of hydrogen-bond acceptors (Lipinski definition) is 15. The number of fused-ring (bicyclic) bond motifs is 5. The first-order chi connectivity index (χ1) is 37.6. The summed E-state index contributed by atoms with van der Waals surface area (Å²) >= 11 is 0. The molecule has 8 rings (SSSR count). The second-order valence-corrected chi connectivity index (χ2v) is 33.8. The molecule has 11 atom stereocenters. The van der Waals surface area contributed by atoms with Crippen molar-refractivity contribution < 1.29 is 66.4 Å². The number of carbonyl (C=O) groups is 6. The predicted octanol–water partition coefficient (Wildman–Crippen LogP) is 10.1. The van der Waals surface area contributed by atoms with Crippen LogP contribution in [0.3, 0.4) is 0 Å². The van der Waals surface area contributed by atoms with E-state index in [0.29, 0.717) is 29.3 Å². The van der Waals surface area contributed by atoms with E-state index in [1.54, 1.807) is 113 Å². The van der Waals surface area contributed by atoms with Gasteiger partial charge in [0, 0.05) is 43.1 Å². The van der Waals surface area contributed by atoms with E-state index in [9.17, 15) is 19.5 Å². The number of nitrogens with zero attached hydrogens (tertiary/aromatic N) is 2. The Morgan fingerprint density at radius 1 is 0.863 bits per heavy atom. The standard InChI is InChI=1S/C61H79N3O14Si2/c1-14-80(15-2,16-3)77-44-34-45-60(36-72-45,76-39(5)65)50-52(75-54(68)42-30-24-19-25-31-42)61(71)35-43(38(4)46(58(61,9)10)48(51(66)59(44,50)11)74-56(70)64-33-32-62-37-64)73-55(69)49(78-79(12,13)57(6,7)8)47(40-26-20-17-21-27-40)63-53(67)41-28-22-18-23-29-41/h17-33,37,43-45,47-50,52,71H,14-16,34-36H2,1-13H3,(H,63,67)/t43-,44-,45?,47-,48+,49+,50-,52-,59?,60+,61+/m0/s1. The highest BCUT2D eigenvalue weighted by atomic mass is 28.4. The molecule has 430 valence electrons. The highest BCUT2D eigenvalue weighted by molar-refractivity contribution is 6.74. The van der Waals surface area contributed by atoms with Crippen LogP contribution in [-0.4, -0.2) is 121 Å². The SMILES string of the molecule is CC[Si](CC)(CC)O[C@H]1CC2OC[C@]2(OC(C)=O)[C@H]2[C@H](OC(=O)c3ccccc3)[C@]3(O)C[C@H](OC(=O)[C@H](O[Si](C)(C)C(C)(C)C)[C@@H](NC(=O)c4ccccc4)c4ccccc4)C(C)=C([C@@H](OC(=O)n4ccnc4)C(=O)C12C)C3(C)C. The van der Waals surface area contributed by atoms with Gasteiger partial charge in [-0.3, -0.25) is 14.4 Å². The molecule has 3 fully saturated rings. The Bertz CT molecular complexity index is 2950. The van der Waals surface area contributed by atoms with Crippen LogP contribution in [0.25, 0.3) is 0 Å². The number of carbonyl (C=O) groups excluding carboxylic acids is 6. The zero-order valence-corrected chi connectivity index (χ0v) is 50.4. The van der Waals surface area contributed by atoms with E-state index in [-0.39, 0.29) is 29.7 Å². The van der Waals surface area contributed by atoms with E-state index < -0.39 is 134 Å². The number of esters is 3. The Morgan fingerprint density at radius 2 is 1.45 bits per heavy atom. The molecular formula is C61H79N3O14Si2. The molecule has 1 amide bonds. The van der Waals surface area contributed by atoms with Gasteiger partial charge in [-0.2, -0.15) is 0 Å². The number of Topliss-reactive ketones (excluding diaryl/α,β-unsaturated/α-hetero) is 1. The average Bonchev–Trinajstić information content (AvgIpc) is 2.22. The summed E-state index contributed by atoms with van der Waals surface area (Å²) in [5.41, 5.74) is -6.37. The maximum absolute atomic E-state index is 17.0. The number of aliphatic hydroxyl groups is 1. The molecule has 2 bridgehead atoms.